The lowest BCUT2D eigenvalue weighted by molar-refractivity contribution is -0.123. The van der Waals surface area contributed by atoms with Gasteiger partial charge in [-0.3, -0.25) is 4.79 Å². The Balaban J connectivity index is 1.93. The number of aromatic nitrogens is 1. The number of nitrogens with one attached hydrogen (secondary N) is 1. The van der Waals surface area contributed by atoms with Crippen molar-refractivity contribution in [2.24, 2.45) is 0 Å². The fourth-order valence-corrected chi connectivity index (χ4v) is 1.52. The van der Waals surface area contributed by atoms with Crippen LogP contribution in [0.2, 0.25) is 0 Å². The van der Waals surface area contributed by atoms with Crippen LogP contribution in [0.3, 0.4) is 0 Å². The van der Waals surface area contributed by atoms with E-state index in [9.17, 15) is 14.0 Å². The van der Waals surface area contributed by atoms with Crippen molar-refractivity contribution in [1.82, 2.24) is 5.16 Å². The third-order valence-electron chi connectivity index (χ3n) is 2.61. The summed E-state index contributed by atoms with van der Waals surface area (Å²) in [6.07, 6.45) is -1.03. The second-order valence-corrected chi connectivity index (χ2v) is 4.37. The predicted molar refractivity (Wildman–Crippen MR) is 71.1 cm³/mol. The number of ether oxygens (including phenoxy) is 1. The van der Waals surface area contributed by atoms with Crippen molar-refractivity contribution >= 4 is 17.7 Å². The maximum atomic E-state index is 12.8. The molecule has 1 heterocycles. The molecule has 1 aromatic heterocycles. The minimum absolute atomic E-state index is 0.160. The number of rotatable bonds is 4. The number of benzene rings is 1. The summed E-state index contributed by atoms with van der Waals surface area (Å²) in [7, 11) is 0. The summed E-state index contributed by atoms with van der Waals surface area (Å²) in [6.45, 7) is 3.10. The fraction of sp³-hybridized carbons (Fsp3) is 0.214. The SMILES string of the molecule is Cc1cc(NC(=O)[C@H](C)OC(=O)c2ccc(F)cc2)no1. The smallest absolute Gasteiger partial charge is 0.338 e. The molecule has 2 rings (SSSR count). The Kier molecular flexibility index (Phi) is 4.32. The van der Waals surface area contributed by atoms with Gasteiger partial charge < -0.3 is 14.6 Å². The Hall–Kier alpha value is -2.70. The van der Waals surface area contributed by atoms with Crippen LogP contribution >= 0.6 is 0 Å². The van der Waals surface area contributed by atoms with Gasteiger partial charge in [0.25, 0.3) is 5.91 Å². The van der Waals surface area contributed by atoms with Gasteiger partial charge in [-0.1, -0.05) is 5.16 Å². The Morgan fingerprint density at radius 3 is 2.57 bits per heavy atom. The molecule has 0 aliphatic rings. The average Bonchev–Trinajstić information content (AvgIpc) is 2.84. The van der Waals surface area contributed by atoms with E-state index in [1.165, 1.54) is 25.1 Å². The van der Waals surface area contributed by atoms with Crippen molar-refractivity contribution in [3.05, 3.63) is 47.5 Å². The standard InChI is InChI=1S/C14H13FN2O4/c1-8-7-12(17-21-8)16-13(18)9(2)20-14(19)10-3-5-11(15)6-4-10/h3-7,9H,1-2H3,(H,16,17,18)/t9-/m0/s1. The van der Waals surface area contributed by atoms with E-state index in [-0.39, 0.29) is 11.4 Å². The van der Waals surface area contributed by atoms with Gasteiger partial charge in [-0.25, -0.2) is 9.18 Å². The van der Waals surface area contributed by atoms with Gasteiger partial charge in [0.15, 0.2) is 11.9 Å². The van der Waals surface area contributed by atoms with Gasteiger partial charge in [0.05, 0.1) is 5.56 Å². The van der Waals surface area contributed by atoms with Crippen LogP contribution in [0, 0.1) is 12.7 Å². The van der Waals surface area contributed by atoms with Gasteiger partial charge in [0.1, 0.15) is 11.6 Å². The molecule has 21 heavy (non-hydrogen) atoms. The number of carbonyl (C=O) groups is 2. The molecule has 0 aliphatic heterocycles. The molecule has 1 amide bonds. The summed E-state index contributed by atoms with van der Waals surface area (Å²) in [5.74, 6) is -0.935. The topological polar surface area (TPSA) is 81.4 Å². The zero-order valence-corrected chi connectivity index (χ0v) is 11.4. The van der Waals surface area contributed by atoms with Crippen LogP contribution in [0.15, 0.2) is 34.9 Å². The van der Waals surface area contributed by atoms with Crippen LogP contribution in [-0.2, 0) is 9.53 Å². The third-order valence-corrected chi connectivity index (χ3v) is 2.61. The first kappa shape index (κ1) is 14.7. The fourth-order valence-electron chi connectivity index (χ4n) is 1.52. The molecule has 6 nitrogen and oxygen atoms in total. The molecule has 0 spiro atoms. The lowest BCUT2D eigenvalue weighted by Crippen LogP contribution is -2.30. The van der Waals surface area contributed by atoms with Gasteiger partial charge in [-0.2, -0.15) is 0 Å². The highest BCUT2D eigenvalue weighted by atomic mass is 19.1. The molecule has 0 fully saturated rings. The van der Waals surface area contributed by atoms with Gasteiger partial charge in [0, 0.05) is 6.07 Å². The zero-order chi connectivity index (χ0) is 15.4. The minimum Gasteiger partial charge on any atom is -0.449 e. The van der Waals surface area contributed by atoms with Crippen LogP contribution < -0.4 is 5.32 Å². The molecule has 0 unspecified atom stereocenters. The Morgan fingerprint density at radius 2 is 2.00 bits per heavy atom. The Bertz CT molecular complexity index is 651. The molecule has 2 aromatic rings. The molecule has 0 saturated carbocycles. The number of hydrogen-bond acceptors (Lipinski definition) is 5. The molecule has 0 aliphatic carbocycles. The second kappa shape index (κ2) is 6.17. The monoisotopic (exact) mass is 292 g/mol. The lowest BCUT2D eigenvalue weighted by atomic mass is 10.2. The minimum atomic E-state index is -1.03. The van der Waals surface area contributed by atoms with Crippen molar-refractivity contribution in [3.63, 3.8) is 0 Å². The number of amides is 1. The molecule has 0 saturated heterocycles. The maximum Gasteiger partial charge on any atom is 0.338 e. The number of nitrogens with zero attached hydrogens (tertiary/aromatic N) is 1. The number of esters is 1. The average molecular weight is 292 g/mol. The summed E-state index contributed by atoms with van der Waals surface area (Å²) in [5, 5.41) is 6.04. The van der Waals surface area contributed by atoms with Crippen molar-refractivity contribution < 1.29 is 23.2 Å². The third kappa shape index (κ3) is 3.88. The summed E-state index contributed by atoms with van der Waals surface area (Å²) >= 11 is 0. The first-order valence-electron chi connectivity index (χ1n) is 6.16. The van der Waals surface area contributed by atoms with Crippen molar-refractivity contribution in [1.29, 1.82) is 0 Å². The Labute approximate surface area is 119 Å². The Morgan fingerprint density at radius 1 is 1.33 bits per heavy atom. The number of anilines is 1. The number of hydrogen-bond donors (Lipinski definition) is 1. The molecule has 1 atom stereocenters. The summed E-state index contributed by atoms with van der Waals surface area (Å²) in [4.78, 5) is 23.6. The van der Waals surface area contributed by atoms with E-state index in [1.807, 2.05) is 0 Å². The number of halogens is 1. The number of carbonyl (C=O) groups excluding carboxylic acids is 2. The van der Waals surface area contributed by atoms with Crippen molar-refractivity contribution in [2.45, 2.75) is 20.0 Å². The molecule has 7 heteroatoms. The highest BCUT2D eigenvalue weighted by Crippen LogP contribution is 2.10. The molecule has 0 bridgehead atoms. The second-order valence-electron chi connectivity index (χ2n) is 4.37. The normalized spacial score (nSPS) is 11.8. The largest absolute Gasteiger partial charge is 0.449 e. The highest BCUT2D eigenvalue weighted by molar-refractivity contribution is 5.96. The molecule has 110 valence electrons. The van der Waals surface area contributed by atoms with Crippen molar-refractivity contribution in [2.75, 3.05) is 5.32 Å². The quantitative estimate of drug-likeness (QED) is 0.874. The molecular weight excluding hydrogens is 279 g/mol. The maximum absolute atomic E-state index is 12.8. The van der Waals surface area contributed by atoms with Crippen LogP contribution in [0.5, 0.6) is 0 Å². The van der Waals surface area contributed by atoms with E-state index in [4.69, 9.17) is 9.26 Å². The van der Waals surface area contributed by atoms with Crippen molar-refractivity contribution in [3.8, 4) is 0 Å². The first-order valence-corrected chi connectivity index (χ1v) is 6.16. The van der Waals surface area contributed by atoms with Gasteiger partial charge in [-0.15, -0.1) is 0 Å². The van der Waals surface area contributed by atoms with Crippen LogP contribution in [0.1, 0.15) is 23.0 Å². The first-order chi connectivity index (χ1) is 9.95. The molecule has 0 radical (unpaired) electrons. The molecule has 1 aromatic carbocycles. The summed E-state index contributed by atoms with van der Waals surface area (Å²) in [5.41, 5.74) is 0.160. The van der Waals surface area contributed by atoms with Gasteiger partial charge in [0.2, 0.25) is 0 Å². The van der Waals surface area contributed by atoms with E-state index in [1.54, 1.807) is 6.92 Å². The van der Waals surface area contributed by atoms with E-state index in [0.29, 0.717) is 5.76 Å². The lowest BCUT2D eigenvalue weighted by Gasteiger charge is -2.12. The van der Waals surface area contributed by atoms with Crippen LogP contribution in [-0.4, -0.2) is 23.1 Å². The summed E-state index contributed by atoms with van der Waals surface area (Å²) < 4.78 is 22.5. The highest BCUT2D eigenvalue weighted by Gasteiger charge is 2.20. The van der Waals surface area contributed by atoms with Crippen LogP contribution in [0.25, 0.3) is 0 Å². The van der Waals surface area contributed by atoms with Gasteiger partial charge >= 0.3 is 5.97 Å². The number of aryl methyl sites for hydroxylation is 1. The van der Waals surface area contributed by atoms with E-state index in [0.717, 1.165) is 12.1 Å². The van der Waals surface area contributed by atoms with Crippen LogP contribution in [0.4, 0.5) is 10.2 Å². The van der Waals surface area contributed by atoms with E-state index in [2.05, 4.69) is 10.5 Å². The van der Waals surface area contributed by atoms with Gasteiger partial charge in [-0.05, 0) is 38.1 Å². The van der Waals surface area contributed by atoms with E-state index >= 15 is 0 Å². The summed E-state index contributed by atoms with van der Waals surface area (Å²) in [6, 6.07) is 6.37. The molecule has 1 N–H and O–H groups in total. The molecular formula is C14H13FN2O4. The van der Waals surface area contributed by atoms with E-state index < -0.39 is 23.8 Å². The predicted octanol–water partition coefficient (Wildman–Crippen LogP) is 2.31. The zero-order valence-electron chi connectivity index (χ0n) is 11.4.